The van der Waals surface area contributed by atoms with Crippen LogP contribution in [0.4, 0.5) is 34.1 Å². The summed E-state index contributed by atoms with van der Waals surface area (Å²) in [6, 6.07) is 57.2. The highest BCUT2D eigenvalue weighted by Gasteiger charge is 2.51. The average molecular weight is 1170 g/mol. The van der Waals surface area contributed by atoms with Crippen LogP contribution in [0.1, 0.15) is 213 Å². The third kappa shape index (κ3) is 8.53. The summed E-state index contributed by atoms with van der Waals surface area (Å²) in [5, 5.41) is 3.97. The lowest BCUT2D eigenvalue weighted by Gasteiger charge is -2.52. The molecule has 0 N–H and O–H groups in total. The summed E-state index contributed by atoms with van der Waals surface area (Å²) in [7, 11) is 0. The fraction of sp³-hybridized carbons (Fsp3) is 0.398. The fourth-order valence-corrected chi connectivity index (χ4v) is 18.1. The van der Waals surface area contributed by atoms with Gasteiger partial charge in [0.25, 0.3) is 6.71 Å². The van der Waals surface area contributed by atoms with Gasteiger partial charge in [-0.2, -0.15) is 0 Å². The highest BCUT2D eigenvalue weighted by molar-refractivity contribution is 7.33. The molecule has 0 spiro atoms. The highest BCUT2D eigenvalue weighted by atomic mass is 32.1. The quantitative estimate of drug-likeness (QED) is 0.163. The topological polar surface area (TPSA) is 11.4 Å². The molecule has 10 aromatic rings. The van der Waals surface area contributed by atoms with Crippen LogP contribution in [0, 0.1) is 6.92 Å². The molecule has 5 heteroatoms. The van der Waals surface area contributed by atoms with Gasteiger partial charge in [-0.25, -0.2) is 0 Å². The molecular formula is C83H92BN3S. The van der Waals surface area contributed by atoms with Crippen LogP contribution < -0.4 is 25.5 Å². The molecule has 0 saturated heterocycles. The molecule has 2 aliphatic heterocycles. The van der Waals surface area contributed by atoms with Gasteiger partial charge >= 0.3 is 0 Å². The number of anilines is 6. The smallest absolute Gasteiger partial charge is 0.264 e. The van der Waals surface area contributed by atoms with E-state index in [-0.39, 0.29) is 50.0 Å². The molecule has 8 aromatic carbocycles. The molecule has 3 nitrogen and oxygen atoms in total. The summed E-state index contributed by atoms with van der Waals surface area (Å²) in [6.07, 6.45) is 7.28. The van der Waals surface area contributed by atoms with E-state index in [0.717, 1.165) is 12.8 Å². The van der Waals surface area contributed by atoms with Gasteiger partial charge in [0.1, 0.15) is 0 Å². The van der Waals surface area contributed by atoms with Gasteiger partial charge in [-0.15, -0.1) is 11.3 Å². The van der Waals surface area contributed by atoms with E-state index in [0.29, 0.717) is 0 Å². The third-order valence-corrected chi connectivity index (χ3v) is 24.0. The Morgan fingerprint density at radius 1 is 0.420 bits per heavy atom. The van der Waals surface area contributed by atoms with Gasteiger partial charge < -0.3 is 14.4 Å². The van der Waals surface area contributed by atoms with Gasteiger partial charge in [0.2, 0.25) is 0 Å². The Kier molecular flexibility index (Phi) is 12.2. The van der Waals surface area contributed by atoms with Crippen molar-refractivity contribution in [2.45, 2.75) is 213 Å². The molecule has 0 atom stereocenters. The first-order chi connectivity index (χ1) is 41.2. The molecule has 0 unspecified atom stereocenters. The first-order valence-electron chi connectivity index (χ1n) is 33.2. The first-order valence-corrected chi connectivity index (χ1v) is 34.1. The maximum atomic E-state index is 2.87. The third-order valence-electron chi connectivity index (χ3n) is 22.8. The number of nitrogens with zero attached hydrogens (tertiary/aromatic N) is 3. The molecule has 16 rings (SSSR count). The molecule has 88 heavy (non-hydrogen) atoms. The molecule has 4 heterocycles. The van der Waals surface area contributed by atoms with Crippen LogP contribution in [-0.4, -0.2) is 11.3 Å². The highest BCUT2D eigenvalue weighted by Crippen LogP contribution is 2.60. The zero-order chi connectivity index (χ0) is 62.1. The van der Waals surface area contributed by atoms with Crippen molar-refractivity contribution in [3.8, 4) is 16.8 Å². The van der Waals surface area contributed by atoms with Crippen LogP contribution in [0.25, 0.3) is 48.7 Å². The van der Waals surface area contributed by atoms with Crippen LogP contribution in [0.2, 0.25) is 0 Å². The minimum Gasteiger partial charge on any atom is -0.311 e. The summed E-state index contributed by atoms with van der Waals surface area (Å²) in [5.41, 5.74) is 29.5. The van der Waals surface area contributed by atoms with Crippen LogP contribution in [0.15, 0.2) is 140 Å². The van der Waals surface area contributed by atoms with E-state index in [9.17, 15) is 0 Å². The summed E-state index contributed by atoms with van der Waals surface area (Å²) < 4.78 is 5.54. The number of hydrogen-bond donors (Lipinski definition) is 0. The van der Waals surface area contributed by atoms with E-state index in [1.807, 2.05) is 0 Å². The van der Waals surface area contributed by atoms with Gasteiger partial charge in [0.15, 0.2) is 0 Å². The second-order valence-electron chi connectivity index (χ2n) is 34.0. The van der Waals surface area contributed by atoms with Crippen LogP contribution in [0.5, 0.6) is 0 Å². The summed E-state index contributed by atoms with van der Waals surface area (Å²) in [5.74, 6) is 0. The van der Waals surface area contributed by atoms with Crippen molar-refractivity contribution < 1.29 is 0 Å². The van der Waals surface area contributed by atoms with E-state index < -0.39 is 0 Å². The van der Waals surface area contributed by atoms with Crippen LogP contribution in [-0.2, 0) is 43.3 Å². The van der Waals surface area contributed by atoms with Crippen LogP contribution >= 0.6 is 11.3 Å². The van der Waals surface area contributed by atoms with Crippen molar-refractivity contribution in [1.29, 1.82) is 0 Å². The van der Waals surface area contributed by atoms with Gasteiger partial charge in [0.05, 0.1) is 28.1 Å². The number of aromatic nitrogens is 1. The molecular weight excluding hydrogens is 1080 g/mol. The minimum absolute atomic E-state index is 0.00683. The van der Waals surface area contributed by atoms with Gasteiger partial charge in [-0.1, -0.05) is 203 Å². The predicted octanol–water partition coefficient (Wildman–Crippen LogP) is 21.7. The van der Waals surface area contributed by atoms with E-state index in [4.69, 9.17) is 0 Å². The van der Waals surface area contributed by atoms with Crippen molar-refractivity contribution in [3.05, 3.63) is 190 Å². The maximum absolute atomic E-state index is 2.87. The predicted molar refractivity (Wildman–Crippen MR) is 384 cm³/mol. The zero-order valence-corrected chi connectivity index (χ0v) is 57.2. The minimum atomic E-state index is -0.0767. The van der Waals surface area contributed by atoms with Crippen molar-refractivity contribution in [3.63, 3.8) is 0 Å². The number of benzene rings is 8. The Bertz CT molecular complexity index is 4530. The zero-order valence-electron chi connectivity index (χ0n) is 56.3. The number of rotatable bonds is 4. The second kappa shape index (κ2) is 18.7. The molecule has 1 fully saturated rings. The molecule has 6 aliphatic rings. The lowest BCUT2D eigenvalue weighted by molar-refractivity contribution is 0.188. The van der Waals surface area contributed by atoms with Crippen LogP contribution in [0.3, 0.4) is 0 Å². The standard InChI is InChI=1S/C83H92BN3S/c1-49-39-51(76(2,3)4)27-31-65(49)86-66-32-28-52(77(5,6)7)40-64(66)84-73-70(86)43-55(85-67-41-53(78(8,9)10)25-29-56(67)57-30-26-54(42-68(57)85)79(11,12)13)44-71(73)87(74-59-46-62-63(48-72(59)88-75(74)84)83(19)37-35-82(62,18)36-38-83)69-47-61-60(80(14,15)33-34-81(61,16)17)45-58(69)50-23-21-20-22-24-50/h20-32,39-48H,33-38H2,1-19H3. The molecule has 1 saturated carbocycles. The van der Waals surface area contributed by atoms with Gasteiger partial charge in [-0.05, 0) is 216 Å². The Hall–Kier alpha value is -6.82. The molecule has 2 aromatic heterocycles. The van der Waals surface area contributed by atoms with Crippen molar-refractivity contribution in [2.75, 3.05) is 9.80 Å². The second-order valence-corrected chi connectivity index (χ2v) is 35.0. The molecule has 448 valence electrons. The maximum Gasteiger partial charge on any atom is 0.264 e. The van der Waals surface area contributed by atoms with Crippen molar-refractivity contribution in [2.24, 2.45) is 0 Å². The van der Waals surface area contributed by atoms with E-state index >= 15 is 0 Å². The number of thiophene rings is 1. The summed E-state index contributed by atoms with van der Waals surface area (Å²) in [6.45, 7) is 46.0. The lowest BCUT2D eigenvalue weighted by Crippen LogP contribution is -2.60. The first kappa shape index (κ1) is 57.6. The Morgan fingerprint density at radius 3 is 1.45 bits per heavy atom. The summed E-state index contributed by atoms with van der Waals surface area (Å²) in [4.78, 5) is 5.58. The number of aryl methyl sites for hydroxylation is 1. The van der Waals surface area contributed by atoms with E-state index in [1.165, 1.54) is 163 Å². The SMILES string of the molecule is Cc1cc(C(C)(C)C)ccc1N1c2ccc(C(C)(C)C)cc2B2c3sc4cc5c(cc4c3N(c3cc4c(cc3-c3ccccc3)C(C)(C)CCC4(C)C)c3cc(-n4c6cc(C(C)(C)C)ccc6c6ccc(C(C)(C)C)cc64)cc1c32)C1(C)CCC5(C)CC1. The normalized spacial score (nSPS) is 20.1. The number of hydrogen-bond acceptors (Lipinski definition) is 3. The molecule has 0 amide bonds. The Labute approximate surface area is 530 Å². The Morgan fingerprint density at radius 2 is 0.909 bits per heavy atom. The van der Waals surface area contributed by atoms with Gasteiger partial charge in [-0.3, -0.25) is 0 Å². The molecule has 2 bridgehead atoms. The largest absolute Gasteiger partial charge is 0.311 e. The van der Waals surface area contributed by atoms with Crippen molar-refractivity contribution >= 4 is 99.8 Å². The lowest BCUT2D eigenvalue weighted by atomic mass is 9.36. The van der Waals surface area contributed by atoms with Crippen molar-refractivity contribution in [1.82, 2.24) is 4.57 Å². The summed E-state index contributed by atoms with van der Waals surface area (Å²) >= 11 is 2.09. The Balaban J connectivity index is 1.16. The average Bonchev–Trinajstić information content (AvgIpc) is 1.26. The fourth-order valence-electron chi connectivity index (χ4n) is 16.8. The molecule has 0 radical (unpaired) electrons. The number of fused-ring (bicyclic) bond motifs is 12. The molecule has 4 aliphatic carbocycles. The van der Waals surface area contributed by atoms with E-state index in [2.05, 4.69) is 297 Å². The van der Waals surface area contributed by atoms with E-state index in [1.54, 1.807) is 11.1 Å². The monoisotopic (exact) mass is 1170 g/mol. The van der Waals surface area contributed by atoms with Gasteiger partial charge in [0, 0.05) is 53.9 Å².